The maximum absolute atomic E-state index is 12.5. The summed E-state index contributed by atoms with van der Waals surface area (Å²) in [5, 5.41) is 27.3. The predicted molar refractivity (Wildman–Crippen MR) is 123 cm³/mol. The summed E-state index contributed by atoms with van der Waals surface area (Å²) in [7, 11) is 2.48. The normalized spacial score (nSPS) is 10.9. The molecule has 0 atom stereocenters. The summed E-state index contributed by atoms with van der Waals surface area (Å²) in [6.45, 7) is 0. The molecule has 0 fully saturated rings. The molecular formula is C22H14Cl2N2O2S2. The summed E-state index contributed by atoms with van der Waals surface area (Å²) in [6.07, 6.45) is 2.89. The third kappa shape index (κ3) is 4.52. The number of halogens is 2. The average Bonchev–Trinajstić information content (AvgIpc) is 2.75. The van der Waals surface area contributed by atoms with Gasteiger partial charge in [-0.1, -0.05) is 47.5 Å². The van der Waals surface area contributed by atoms with E-state index in [2.05, 4.69) is 0 Å². The Morgan fingerprint density at radius 2 is 0.933 bits per heavy atom. The maximum Gasteiger partial charge on any atom is 0.270 e. The first-order chi connectivity index (χ1) is 14.5. The van der Waals surface area contributed by atoms with Crippen molar-refractivity contribution in [2.75, 3.05) is 0 Å². The highest BCUT2D eigenvalue weighted by molar-refractivity contribution is 8.76. The van der Waals surface area contributed by atoms with Crippen molar-refractivity contribution in [3.63, 3.8) is 0 Å². The van der Waals surface area contributed by atoms with Crippen molar-refractivity contribution < 1.29 is 9.46 Å². The third-order valence-corrected chi connectivity index (χ3v) is 7.24. The van der Waals surface area contributed by atoms with Crippen molar-refractivity contribution in [1.29, 1.82) is 0 Å². The van der Waals surface area contributed by atoms with Gasteiger partial charge in [-0.05, 0) is 47.5 Å². The highest BCUT2D eigenvalue weighted by atomic mass is 35.5. The predicted octanol–water partition coefficient (Wildman–Crippen LogP) is 6.39. The van der Waals surface area contributed by atoms with Gasteiger partial charge in [0.05, 0.1) is 11.1 Å². The number of benzene rings is 2. The van der Waals surface area contributed by atoms with E-state index < -0.39 is 0 Å². The van der Waals surface area contributed by atoms with Crippen molar-refractivity contribution in [3.8, 4) is 22.3 Å². The van der Waals surface area contributed by atoms with Gasteiger partial charge in [0, 0.05) is 43.8 Å². The third-order valence-electron chi connectivity index (χ3n) is 4.34. The van der Waals surface area contributed by atoms with Gasteiger partial charge in [0.2, 0.25) is 0 Å². The van der Waals surface area contributed by atoms with Crippen LogP contribution in [0.3, 0.4) is 0 Å². The van der Waals surface area contributed by atoms with E-state index in [-0.39, 0.29) is 0 Å². The van der Waals surface area contributed by atoms with Gasteiger partial charge in [-0.15, -0.1) is 0 Å². The second-order valence-electron chi connectivity index (χ2n) is 6.29. The van der Waals surface area contributed by atoms with Crippen LogP contribution in [0.2, 0.25) is 10.0 Å². The van der Waals surface area contributed by atoms with E-state index in [1.165, 1.54) is 34.0 Å². The fourth-order valence-corrected chi connectivity index (χ4v) is 5.57. The van der Waals surface area contributed by atoms with Crippen molar-refractivity contribution in [2.24, 2.45) is 0 Å². The van der Waals surface area contributed by atoms with E-state index in [0.29, 0.717) is 20.1 Å². The Balaban J connectivity index is 1.70. The first-order valence-corrected chi connectivity index (χ1v) is 11.7. The van der Waals surface area contributed by atoms with Crippen LogP contribution in [-0.2, 0) is 0 Å². The number of nitrogens with zero attached hydrogens (tertiary/aromatic N) is 2. The first kappa shape index (κ1) is 20.9. The molecule has 4 nitrogen and oxygen atoms in total. The van der Waals surface area contributed by atoms with E-state index in [1.54, 1.807) is 36.4 Å². The van der Waals surface area contributed by atoms with E-state index in [0.717, 1.165) is 31.7 Å². The summed E-state index contributed by atoms with van der Waals surface area (Å²) in [5.41, 5.74) is 3.27. The highest BCUT2D eigenvalue weighted by Crippen LogP contribution is 2.42. The minimum Gasteiger partial charge on any atom is -0.618 e. The summed E-state index contributed by atoms with van der Waals surface area (Å²) in [4.78, 5) is 0. The Morgan fingerprint density at radius 3 is 1.30 bits per heavy atom. The van der Waals surface area contributed by atoms with E-state index in [4.69, 9.17) is 23.2 Å². The van der Waals surface area contributed by atoms with Crippen LogP contribution in [0.5, 0.6) is 0 Å². The summed E-state index contributed by atoms with van der Waals surface area (Å²) in [5.74, 6) is 0. The molecule has 0 amide bonds. The molecule has 4 aromatic rings. The van der Waals surface area contributed by atoms with Crippen molar-refractivity contribution in [1.82, 2.24) is 0 Å². The number of pyridine rings is 2. The van der Waals surface area contributed by atoms with Gasteiger partial charge in [0.25, 0.3) is 10.1 Å². The number of aromatic nitrogens is 2. The topological polar surface area (TPSA) is 53.9 Å². The van der Waals surface area contributed by atoms with Gasteiger partial charge in [-0.2, -0.15) is 9.46 Å². The fraction of sp³-hybridized carbons (Fsp3) is 0. The minimum atomic E-state index is 0.482. The maximum atomic E-state index is 12.5. The molecule has 0 aliphatic rings. The lowest BCUT2D eigenvalue weighted by molar-refractivity contribution is -0.645. The molecule has 0 bridgehead atoms. The molecule has 0 unspecified atom stereocenters. The summed E-state index contributed by atoms with van der Waals surface area (Å²) in [6, 6.07) is 21.7. The Morgan fingerprint density at radius 1 is 0.567 bits per heavy atom. The molecule has 0 saturated heterocycles. The lowest BCUT2D eigenvalue weighted by atomic mass is 10.1. The van der Waals surface area contributed by atoms with Crippen LogP contribution in [0, 0.1) is 10.4 Å². The first-order valence-electron chi connectivity index (χ1n) is 8.84. The van der Waals surface area contributed by atoms with Crippen LogP contribution < -0.4 is 9.46 Å². The Labute approximate surface area is 191 Å². The SMILES string of the molecule is [O-][n+]1cccc(-c2ccc(Cl)cc2)c1SSc1c(-c2ccc(Cl)cc2)ccc[n+]1[O-]. The van der Waals surface area contributed by atoms with Crippen LogP contribution in [0.4, 0.5) is 0 Å². The number of hydrogen-bond donors (Lipinski definition) is 0. The van der Waals surface area contributed by atoms with Crippen LogP contribution in [-0.4, -0.2) is 0 Å². The molecule has 0 saturated carbocycles. The monoisotopic (exact) mass is 472 g/mol. The lowest BCUT2D eigenvalue weighted by Gasteiger charge is -2.11. The number of hydrogen-bond acceptors (Lipinski definition) is 4. The molecular weight excluding hydrogens is 459 g/mol. The van der Waals surface area contributed by atoms with E-state index in [9.17, 15) is 10.4 Å². The molecule has 150 valence electrons. The van der Waals surface area contributed by atoms with Gasteiger partial charge >= 0.3 is 0 Å². The van der Waals surface area contributed by atoms with Crippen LogP contribution >= 0.6 is 44.8 Å². The minimum absolute atomic E-state index is 0.482. The molecule has 8 heteroatoms. The molecule has 30 heavy (non-hydrogen) atoms. The molecule has 0 radical (unpaired) electrons. The van der Waals surface area contributed by atoms with Crippen molar-refractivity contribution in [2.45, 2.75) is 10.1 Å². The molecule has 0 aliphatic heterocycles. The quantitative estimate of drug-likeness (QED) is 0.191. The van der Waals surface area contributed by atoms with E-state index >= 15 is 0 Å². The Bertz CT molecular complexity index is 1090. The standard InChI is InChI=1S/C22H14Cl2N2O2S2/c23-17-9-5-15(6-10-17)19-3-1-13-25(27)21(19)29-30-22-20(4-2-14-26(22)28)16-7-11-18(24)12-8-16/h1-14H. The van der Waals surface area contributed by atoms with Gasteiger partial charge < -0.3 is 10.4 Å². The van der Waals surface area contributed by atoms with Crippen LogP contribution in [0.15, 0.2) is 95.2 Å². The van der Waals surface area contributed by atoms with Gasteiger partial charge in [0.1, 0.15) is 0 Å². The number of rotatable bonds is 5. The van der Waals surface area contributed by atoms with E-state index in [1.807, 2.05) is 36.4 Å². The molecule has 2 heterocycles. The molecule has 0 spiro atoms. The van der Waals surface area contributed by atoms with Gasteiger partial charge in [-0.25, -0.2) is 0 Å². The molecule has 0 N–H and O–H groups in total. The molecule has 2 aromatic heterocycles. The summed E-state index contributed by atoms with van der Waals surface area (Å²) < 4.78 is 1.61. The second-order valence-corrected chi connectivity index (χ2v) is 9.27. The zero-order chi connectivity index (χ0) is 21.1. The Kier molecular flexibility index (Phi) is 6.39. The van der Waals surface area contributed by atoms with Crippen LogP contribution in [0.1, 0.15) is 0 Å². The van der Waals surface area contributed by atoms with Crippen molar-refractivity contribution in [3.05, 3.63) is 106 Å². The smallest absolute Gasteiger partial charge is 0.270 e. The van der Waals surface area contributed by atoms with Gasteiger partial charge in [0.15, 0.2) is 12.4 Å². The molecule has 0 aliphatic carbocycles. The molecule has 4 rings (SSSR count). The zero-order valence-electron chi connectivity index (χ0n) is 15.4. The molecule has 2 aromatic carbocycles. The zero-order valence-corrected chi connectivity index (χ0v) is 18.5. The highest BCUT2D eigenvalue weighted by Gasteiger charge is 2.21. The largest absolute Gasteiger partial charge is 0.618 e. The lowest BCUT2D eigenvalue weighted by Crippen LogP contribution is -2.30. The second kappa shape index (κ2) is 9.18. The average molecular weight is 473 g/mol. The van der Waals surface area contributed by atoms with Crippen LogP contribution in [0.25, 0.3) is 22.3 Å². The van der Waals surface area contributed by atoms with Crippen molar-refractivity contribution >= 4 is 44.8 Å². The fourth-order valence-electron chi connectivity index (χ4n) is 2.89. The summed E-state index contributed by atoms with van der Waals surface area (Å²) >= 11 is 12.0. The van der Waals surface area contributed by atoms with Gasteiger partial charge in [-0.3, -0.25) is 0 Å². The Hall–Kier alpha value is -2.38.